The third kappa shape index (κ3) is 2.80. The van der Waals surface area contributed by atoms with Crippen molar-refractivity contribution in [3.05, 3.63) is 42.2 Å². The first-order chi connectivity index (χ1) is 12.6. The van der Waals surface area contributed by atoms with Crippen molar-refractivity contribution >= 4 is 28.3 Å². The van der Waals surface area contributed by atoms with Crippen LogP contribution in [0.1, 0.15) is 12.0 Å². The molecule has 2 aromatic heterocycles. The van der Waals surface area contributed by atoms with Crippen LogP contribution in [0.15, 0.2) is 36.7 Å². The highest BCUT2D eigenvalue weighted by molar-refractivity contribution is 5.98. The minimum Gasteiger partial charge on any atom is -0.397 e. The molecular formula is C18H13FN6O. The molecule has 26 heavy (non-hydrogen) atoms. The fraction of sp³-hybridized carbons (Fsp3) is 0.167. The van der Waals surface area contributed by atoms with E-state index in [0.717, 1.165) is 0 Å². The molecule has 0 saturated heterocycles. The van der Waals surface area contributed by atoms with Crippen LogP contribution in [0.3, 0.4) is 0 Å². The summed E-state index contributed by atoms with van der Waals surface area (Å²) in [5, 5.41) is 20.5. The van der Waals surface area contributed by atoms with Crippen LogP contribution in [0.5, 0.6) is 0 Å². The van der Waals surface area contributed by atoms with E-state index in [2.05, 4.69) is 26.6 Å². The number of nitriles is 1. The van der Waals surface area contributed by atoms with Gasteiger partial charge in [0.2, 0.25) is 5.91 Å². The van der Waals surface area contributed by atoms with Gasteiger partial charge in [0.15, 0.2) is 5.82 Å². The van der Waals surface area contributed by atoms with E-state index in [1.807, 2.05) is 0 Å². The highest BCUT2D eigenvalue weighted by Crippen LogP contribution is 2.35. The number of amides is 1. The lowest BCUT2D eigenvalue weighted by Gasteiger charge is -2.09. The molecule has 7 nitrogen and oxygen atoms in total. The van der Waals surface area contributed by atoms with Gasteiger partial charge in [-0.25, -0.2) is 4.39 Å². The number of nitrogens with zero attached hydrogens (tertiary/aromatic N) is 4. The Hall–Kier alpha value is -3.60. The minimum absolute atomic E-state index is 0.227. The van der Waals surface area contributed by atoms with E-state index in [9.17, 15) is 14.4 Å². The SMILES string of the molecule is N#Cc1ccncc1-c1cc(N)c2nnc(NC(=O)C3CC3F)cc2c1. The number of nitrogen functional groups attached to an aromatic ring is 1. The number of carbonyl (C=O) groups is 1. The van der Waals surface area contributed by atoms with Gasteiger partial charge in [0, 0.05) is 23.3 Å². The third-order valence-electron chi connectivity index (χ3n) is 4.27. The van der Waals surface area contributed by atoms with Gasteiger partial charge in [0.25, 0.3) is 0 Å². The van der Waals surface area contributed by atoms with Crippen molar-refractivity contribution in [3.63, 3.8) is 0 Å². The van der Waals surface area contributed by atoms with E-state index in [0.29, 0.717) is 33.3 Å². The maximum atomic E-state index is 13.0. The van der Waals surface area contributed by atoms with Crippen molar-refractivity contribution < 1.29 is 9.18 Å². The highest BCUT2D eigenvalue weighted by atomic mass is 19.1. The fourth-order valence-corrected chi connectivity index (χ4v) is 2.78. The molecule has 1 aromatic carbocycles. The Morgan fingerprint density at radius 2 is 2.15 bits per heavy atom. The summed E-state index contributed by atoms with van der Waals surface area (Å²) in [5.41, 5.74) is 8.75. The van der Waals surface area contributed by atoms with E-state index in [1.165, 1.54) is 0 Å². The average Bonchev–Trinajstić information content (AvgIpc) is 3.38. The topological polar surface area (TPSA) is 118 Å². The van der Waals surface area contributed by atoms with Crippen LogP contribution < -0.4 is 11.1 Å². The number of hydrogen-bond donors (Lipinski definition) is 2. The monoisotopic (exact) mass is 348 g/mol. The number of halogens is 1. The Balaban J connectivity index is 1.75. The maximum Gasteiger partial charge on any atom is 0.231 e. The number of nitrogens with two attached hydrogens (primary N) is 1. The van der Waals surface area contributed by atoms with Crippen LogP contribution >= 0.6 is 0 Å². The molecule has 1 saturated carbocycles. The van der Waals surface area contributed by atoms with Gasteiger partial charge in [-0.15, -0.1) is 10.2 Å². The van der Waals surface area contributed by atoms with E-state index >= 15 is 0 Å². The summed E-state index contributed by atoms with van der Waals surface area (Å²) < 4.78 is 13.0. The lowest BCUT2D eigenvalue weighted by molar-refractivity contribution is -0.117. The second kappa shape index (κ2) is 6.04. The van der Waals surface area contributed by atoms with Crippen LogP contribution in [0.25, 0.3) is 22.0 Å². The Labute approximate surface area is 147 Å². The molecule has 4 rings (SSSR count). The van der Waals surface area contributed by atoms with Crippen LogP contribution in [0.4, 0.5) is 15.9 Å². The van der Waals surface area contributed by atoms with E-state index < -0.39 is 18.0 Å². The van der Waals surface area contributed by atoms with Crippen molar-refractivity contribution in [1.82, 2.24) is 15.2 Å². The van der Waals surface area contributed by atoms with Crippen LogP contribution in [-0.4, -0.2) is 27.3 Å². The quantitative estimate of drug-likeness (QED) is 0.702. The molecule has 0 radical (unpaired) electrons. The van der Waals surface area contributed by atoms with Crippen molar-refractivity contribution in [1.29, 1.82) is 5.26 Å². The third-order valence-corrected chi connectivity index (χ3v) is 4.27. The normalized spacial score (nSPS) is 18.3. The molecule has 3 aromatic rings. The Bertz CT molecular complexity index is 1080. The fourth-order valence-electron chi connectivity index (χ4n) is 2.78. The molecule has 0 bridgehead atoms. The van der Waals surface area contributed by atoms with E-state index in [1.54, 1.807) is 36.7 Å². The van der Waals surface area contributed by atoms with Gasteiger partial charge in [-0.1, -0.05) is 0 Å². The molecule has 3 N–H and O–H groups in total. The number of nitrogens with one attached hydrogen (secondary N) is 1. The van der Waals surface area contributed by atoms with Gasteiger partial charge in [-0.3, -0.25) is 9.78 Å². The van der Waals surface area contributed by atoms with Crippen molar-refractivity contribution in [3.8, 4) is 17.2 Å². The summed E-state index contributed by atoms with van der Waals surface area (Å²) in [6.07, 6.45) is 2.29. The number of alkyl halides is 1. The van der Waals surface area contributed by atoms with Gasteiger partial charge in [0.1, 0.15) is 11.7 Å². The molecule has 8 heteroatoms. The van der Waals surface area contributed by atoms with Gasteiger partial charge in [-0.2, -0.15) is 5.26 Å². The summed E-state index contributed by atoms with van der Waals surface area (Å²) in [7, 11) is 0. The zero-order valence-corrected chi connectivity index (χ0v) is 13.5. The molecule has 1 amide bonds. The number of aromatic nitrogens is 3. The number of benzene rings is 1. The zero-order chi connectivity index (χ0) is 18.3. The lowest BCUT2D eigenvalue weighted by Crippen LogP contribution is -2.16. The predicted octanol–water partition coefficient (Wildman–Crippen LogP) is 2.44. The largest absolute Gasteiger partial charge is 0.397 e. The molecule has 0 aliphatic heterocycles. The Kier molecular flexibility index (Phi) is 3.69. The molecular weight excluding hydrogens is 335 g/mol. The zero-order valence-electron chi connectivity index (χ0n) is 13.5. The van der Waals surface area contributed by atoms with Crippen molar-refractivity contribution in [2.24, 2.45) is 5.92 Å². The Morgan fingerprint density at radius 1 is 1.35 bits per heavy atom. The number of pyridine rings is 1. The van der Waals surface area contributed by atoms with Crippen molar-refractivity contribution in [2.45, 2.75) is 12.6 Å². The summed E-state index contributed by atoms with van der Waals surface area (Å²) in [5.74, 6) is -0.795. The molecule has 2 heterocycles. The minimum atomic E-state index is -1.08. The predicted molar refractivity (Wildman–Crippen MR) is 93.5 cm³/mol. The average molecular weight is 348 g/mol. The summed E-state index contributed by atoms with van der Waals surface area (Å²) in [6.45, 7) is 0. The van der Waals surface area contributed by atoms with Crippen molar-refractivity contribution in [2.75, 3.05) is 11.1 Å². The van der Waals surface area contributed by atoms with E-state index in [4.69, 9.17) is 5.73 Å². The first kappa shape index (κ1) is 15.9. The number of carbonyl (C=O) groups excluding carboxylic acids is 1. The van der Waals surface area contributed by atoms with Crippen LogP contribution in [0, 0.1) is 17.2 Å². The molecule has 2 atom stereocenters. The maximum absolute atomic E-state index is 13.0. The molecule has 128 valence electrons. The highest BCUT2D eigenvalue weighted by Gasteiger charge is 2.43. The van der Waals surface area contributed by atoms with Crippen LogP contribution in [0.2, 0.25) is 0 Å². The first-order valence-electron chi connectivity index (χ1n) is 7.93. The van der Waals surface area contributed by atoms with Gasteiger partial charge >= 0.3 is 0 Å². The summed E-state index contributed by atoms with van der Waals surface area (Å²) in [6, 6.07) is 8.86. The molecule has 0 spiro atoms. The number of anilines is 2. The summed E-state index contributed by atoms with van der Waals surface area (Å²) >= 11 is 0. The molecule has 1 aliphatic rings. The summed E-state index contributed by atoms with van der Waals surface area (Å²) in [4.78, 5) is 15.9. The lowest BCUT2D eigenvalue weighted by atomic mass is 10.00. The van der Waals surface area contributed by atoms with Crippen LogP contribution in [-0.2, 0) is 4.79 Å². The van der Waals surface area contributed by atoms with E-state index in [-0.39, 0.29) is 12.2 Å². The molecule has 1 fully saturated rings. The van der Waals surface area contributed by atoms with Gasteiger partial charge < -0.3 is 11.1 Å². The first-order valence-corrected chi connectivity index (χ1v) is 7.93. The number of fused-ring (bicyclic) bond motifs is 1. The van der Waals surface area contributed by atoms with Gasteiger partial charge in [-0.05, 0) is 36.2 Å². The Morgan fingerprint density at radius 3 is 2.88 bits per heavy atom. The number of hydrogen-bond acceptors (Lipinski definition) is 6. The number of rotatable bonds is 3. The smallest absolute Gasteiger partial charge is 0.231 e. The van der Waals surface area contributed by atoms with Gasteiger partial charge in [0.05, 0.1) is 23.2 Å². The standard InChI is InChI=1S/C18H13FN6O/c19-14-6-12(14)18(26)23-16-5-11-3-10(4-15(21)17(11)25-24-16)13-8-22-2-1-9(13)7-20/h1-5,8,12,14H,6,21H2,(H,23,24,26). The second-order valence-corrected chi connectivity index (χ2v) is 6.11. The second-order valence-electron chi connectivity index (χ2n) is 6.11. The molecule has 1 aliphatic carbocycles. The molecule has 2 unspecified atom stereocenters.